The summed E-state index contributed by atoms with van der Waals surface area (Å²) in [5.41, 5.74) is 9.18. The predicted octanol–water partition coefficient (Wildman–Crippen LogP) is 3.32. The molecule has 0 aromatic carbocycles. The first-order valence-electron chi connectivity index (χ1n) is 11.0. The molecule has 1 saturated carbocycles. The summed E-state index contributed by atoms with van der Waals surface area (Å²) in [5.74, 6) is 0.589. The molecular weight excluding hydrogens is 362 g/mol. The van der Waals surface area contributed by atoms with Crippen LogP contribution in [0.1, 0.15) is 57.6 Å². The lowest BCUT2D eigenvalue weighted by Crippen LogP contribution is -2.53. The number of nitrogens with two attached hydrogens (primary N) is 1. The van der Waals surface area contributed by atoms with E-state index in [0.717, 1.165) is 67.5 Å². The Bertz CT molecular complexity index is 877. The van der Waals surface area contributed by atoms with Crippen molar-refractivity contribution < 1.29 is 4.79 Å². The molecule has 1 saturated heterocycles. The summed E-state index contributed by atoms with van der Waals surface area (Å²) in [7, 11) is 0. The van der Waals surface area contributed by atoms with Gasteiger partial charge in [-0.3, -0.25) is 14.8 Å². The van der Waals surface area contributed by atoms with Crippen molar-refractivity contribution >= 4 is 22.5 Å². The average Bonchev–Trinajstić information content (AvgIpc) is 2.68. The number of hydrogen-bond donors (Lipinski definition) is 2. The molecule has 6 nitrogen and oxygen atoms in total. The molecule has 0 spiro atoms. The number of nitrogens with zero attached hydrogens (tertiary/aromatic N) is 3. The fraction of sp³-hybridized carbons (Fsp3) is 0.609. The molecule has 2 aliphatic rings. The fourth-order valence-electron chi connectivity index (χ4n) is 5.12. The number of rotatable bonds is 4. The second-order valence-electron chi connectivity index (χ2n) is 9.24. The normalized spacial score (nSPS) is 24.4. The predicted molar refractivity (Wildman–Crippen MR) is 117 cm³/mol. The zero-order chi connectivity index (χ0) is 20.4. The van der Waals surface area contributed by atoms with Gasteiger partial charge in [0.2, 0.25) is 5.91 Å². The molecule has 1 amide bonds. The Balaban J connectivity index is 1.47. The lowest BCUT2D eigenvalue weighted by molar-refractivity contribution is -0.123. The summed E-state index contributed by atoms with van der Waals surface area (Å²) < 4.78 is 0. The van der Waals surface area contributed by atoms with Crippen molar-refractivity contribution in [3.8, 4) is 0 Å². The van der Waals surface area contributed by atoms with Crippen LogP contribution in [0.15, 0.2) is 24.5 Å². The van der Waals surface area contributed by atoms with E-state index in [9.17, 15) is 4.79 Å². The maximum Gasteiger partial charge on any atom is 0.222 e. The van der Waals surface area contributed by atoms with Crippen molar-refractivity contribution in [1.29, 1.82) is 0 Å². The van der Waals surface area contributed by atoms with Crippen LogP contribution in [-0.4, -0.2) is 40.5 Å². The van der Waals surface area contributed by atoms with Crippen LogP contribution in [0, 0.1) is 12.8 Å². The minimum Gasteiger partial charge on any atom is -0.367 e. The summed E-state index contributed by atoms with van der Waals surface area (Å²) in [6, 6.07) is 4.22. The summed E-state index contributed by atoms with van der Waals surface area (Å²) in [6.07, 6.45) is 10.6. The Morgan fingerprint density at radius 2 is 2.07 bits per heavy atom. The zero-order valence-corrected chi connectivity index (χ0v) is 17.7. The maximum absolute atomic E-state index is 12.8. The number of aromatic nitrogens is 2. The van der Waals surface area contributed by atoms with E-state index in [-0.39, 0.29) is 17.5 Å². The quantitative estimate of drug-likeness (QED) is 0.830. The van der Waals surface area contributed by atoms with Crippen LogP contribution in [0.25, 0.3) is 10.9 Å². The highest BCUT2D eigenvalue weighted by Crippen LogP contribution is 2.31. The number of pyridine rings is 2. The molecule has 2 aromatic heterocycles. The second-order valence-corrected chi connectivity index (χ2v) is 9.24. The lowest BCUT2D eigenvalue weighted by atomic mass is 9.80. The fourth-order valence-corrected chi connectivity index (χ4v) is 5.12. The van der Waals surface area contributed by atoms with Crippen molar-refractivity contribution in [3.63, 3.8) is 0 Å². The van der Waals surface area contributed by atoms with E-state index in [1.54, 1.807) is 0 Å². The molecular formula is C23H33N5O. The van der Waals surface area contributed by atoms with E-state index in [1.165, 1.54) is 6.42 Å². The Kier molecular flexibility index (Phi) is 5.72. The number of carbonyl (C=O) groups is 1. The molecule has 2 aromatic rings. The van der Waals surface area contributed by atoms with Gasteiger partial charge in [-0.1, -0.05) is 26.2 Å². The van der Waals surface area contributed by atoms with E-state index < -0.39 is 0 Å². The van der Waals surface area contributed by atoms with Crippen molar-refractivity contribution in [2.45, 2.75) is 70.4 Å². The summed E-state index contributed by atoms with van der Waals surface area (Å²) in [4.78, 5) is 24.2. The number of nitrogens with one attached hydrogen (secondary N) is 1. The van der Waals surface area contributed by atoms with Gasteiger partial charge in [0.05, 0.1) is 23.1 Å². The molecule has 2 fully saturated rings. The molecule has 0 radical (unpaired) electrons. The van der Waals surface area contributed by atoms with Crippen LogP contribution < -0.4 is 16.0 Å². The van der Waals surface area contributed by atoms with E-state index in [2.05, 4.69) is 33.2 Å². The SMILES string of the molecule is Cc1ncc(N2CC(C)CC(NC(=O)CC3(N)CCCCC3)C2)c2cccnc12. The molecule has 4 rings (SSSR count). The van der Waals surface area contributed by atoms with E-state index in [0.29, 0.717) is 12.3 Å². The number of aryl methyl sites for hydroxylation is 1. The van der Waals surface area contributed by atoms with Crippen molar-refractivity contribution in [1.82, 2.24) is 15.3 Å². The van der Waals surface area contributed by atoms with Crippen LogP contribution in [0.2, 0.25) is 0 Å². The van der Waals surface area contributed by atoms with Gasteiger partial charge in [-0.25, -0.2) is 0 Å². The average molecular weight is 396 g/mol. The maximum atomic E-state index is 12.8. The van der Waals surface area contributed by atoms with E-state index in [1.807, 2.05) is 25.4 Å². The third kappa shape index (κ3) is 4.53. The van der Waals surface area contributed by atoms with Crippen molar-refractivity contribution in [2.75, 3.05) is 18.0 Å². The van der Waals surface area contributed by atoms with Gasteiger partial charge in [-0.15, -0.1) is 0 Å². The van der Waals surface area contributed by atoms with E-state index in [4.69, 9.17) is 5.73 Å². The smallest absolute Gasteiger partial charge is 0.222 e. The zero-order valence-electron chi connectivity index (χ0n) is 17.7. The molecule has 156 valence electrons. The van der Waals surface area contributed by atoms with Crippen LogP contribution in [0.3, 0.4) is 0 Å². The number of carbonyl (C=O) groups excluding carboxylic acids is 1. The van der Waals surface area contributed by atoms with Gasteiger partial charge in [0.25, 0.3) is 0 Å². The van der Waals surface area contributed by atoms with Gasteiger partial charge in [-0.2, -0.15) is 0 Å². The Labute approximate surface area is 173 Å². The molecule has 2 atom stereocenters. The molecule has 0 bridgehead atoms. The van der Waals surface area contributed by atoms with Crippen molar-refractivity contribution in [3.05, 3.63) is 30.2 Å². The number of fused-ring (bicyclic) bond motifs is 1. The highest BCUT2D eigenvalue weighted by atomic mass is 16.1. The van der Waals surface area contributed by atoms with Gasteiger partial charge >= 0.3 is 0 Å². The first-order valence-corrected chi connectivity index (χ1v) is 11.0. The Morgan fingerprint density at radius 3 is 2.86 bits per heavy atom. The largest absolute Gasteiger partial charge is 0.367 e. The molecule has 1 aliphatic heterocycles. The van der Waals surface area contributed by atoms with Crippen LogP contribution in [0.5, 0.6) is 0 Å². The molecule has 1 aliphatic carbocycles. The minimum absolute atomic E-state index is 0.0991. The number of anilines is 1. The van der Waals surface area contributed by atoms with Gasteiger partial charge in [0.15, 0.2) is 0 Å². The third-order valence-corrected chi connectivity index (χ3v) is 6.53. The highest BCUT2D eigenvalue weighted by Gasteiger charge is 2.32. The Hall–Kier alpha value is -2.21. The second kappa shape index (κ2) is 8.27. The van der Waals surface area contributed by atoms with Crippen LogP contribution >= 0.6 is 0 Å². The van der Waals surface area contributed by atoms with E-state index >= 15 is 0 Å². The first kappa shape index (κ1) is 20.1. The van der Waals surface area contributed by atoms with Gasteiger partial charge < -0.3 is 16.0 Å². The molecule has 29 heavy (non-hydrogen) atoms. The summed E-state index contributed by atoms with van der Waals surface area (Å²) >= 11 is 0. The molecule has 3 N–H and O–H groups in total. The monoisotopic (exact) mass is 395 g/mol. The summed E-state index contributed by atoms with van der Waals surface area (Å²) in [5, 5.41) is 4.41. The number of amides is 1. The number of piperidine rings is 1. The van der Waals surface area contributed by atoms with Crippen molar-refractivity contribution in [2.24, 2.45) is 11.7 Å². The van der Waals surface area contributed by atoms with Gasteiger partial charge in [0, 0.05) is 42.7 Å². The topological polar surface area (TPSA) is 84.1 Å². The summed E-state index contributed by atoms with van der Waals surface area (Å²) in [6.45, 7) is 6.00. The van der Waals surface area contributed by atoms with Crippen LogP contribution in [-0.2, 0) is 4.79 Å². The standard InChI is InChI=1S/C23H33N5O/c1-16-11-18(27-21(29)12-23(24)8-4-3-5-9-23)15-28(14-16)20-13-26-17(2)22-19(20)7-6-10-25-22/h6-7,10,13,16,18H,3-5,8-9,11-12,14-15,24H2,1-2H3,(H,27,29). The minimum atomic E-state index is -0.314. The lowest BCUT2D eigenvalue weighted by Gasteiger charge is -2.39. The number of hydrogen-bond acceptors (Lipinski definition) is 5. The molecule has 2 unspecified atom stereocenters. The van der Waals surface area contributed by atoms with Crippen LogP contribution in [0.4, 0.5) is 5.69 Å². The highest BCUT2D eigenvalue weighted by molar-refractivity contribution is 5.92. The van der Waals surface area contributed by atoms with Gasteiger partial charge in [0.1, 0.15) is 0 Å². The third-order valence-electron chi connectivity index (χ3n) is 6.53. The molecule has 3 heterocycles. The molecule has 6 heteroatoms. The first-order chi connectivity index (χ1) is 13.9. The Morgan fingerprint density at radius 1 is 1.28 bits per heavy atom. The van der Waals surface area contributed by atoms with Gasteiger partial charge in [-0.05, 0) is 44.2 Å².